The molecule has 1 heterocycles. The predicted molar refractivity (Wildman–Crippen MR) is 92.2 cm³/mol. The van der Waals surface area contributed by atoms with Crippen LogP contribution in [-0.4, -0.2) is 18.2 Å². The fraction of sp³-hybridized carbons (Fsp3) is 0.684. The molecule has 1 amide bonds. The van der Waals surface area contributed by atoms with Gasteiger partial charge in [-0.2, -0.15) is 0 Å². The maximum atomic E-state index is 12.8. The van der Waals surface area contributed by atoms with Gasteiger partial charge in [-0.25, -0.2) is 0 Å². The van der Waals surface area contributed by atoms with E-state index in [-0.39, 0.29) is 11.8 Å². The minimum Gasteiger partial charge on any atom is -0.352 e. The fourth-order valence-electron chi connectivity index (χ4n) is 3.69. The summed E-state index contributed by atoms with van der Waals surface area (Å²) in [4.78, 5) is 27.5. The zero-order valence-corrected chi connectivity index (χ0v) is 14.6. The number of carbonyl (C=O) groups excluding carboxylic acids is 2. The molecule has 23 heavy (non-hydrogen) atoms. The molecule has 124 valence electrons. The number of carbonyl (C=O) groups is 2. The minimum absolute atomic E-state index is 0.0711. The molecule has 0 radical (unpaired) electrons. The van der Waals surface area contributed by atoms with Crippen LogP contribution in [0.5, 0.6) is 0 Å². The summed E-state index contributed by atoms with van der Waals surface area (Å²) in [6.07, 6.45) is 8.48. The second kappa shape index (κ2) is 6.04. The summed E-state index contributed by atoms with van der Waals surface area (Å²) in [5.74, 6) is 1.81. The maximum Gasteiger partial charge on any atom is 0.252 e. The zero-order valence-electron chi connectivity index (χ0n) is 13.8. The highest BCUT2D eigenvalue weighted by Crippen LogP contribution is 2.42. The molecule has 2 fully saturated rings. The van der Waals surface area contributed by atoms with Crippen molar-refractivity contribution >= 4 is 23.0 Å². The van der Waals surface area contributed by atoms with E-state index in [1.54, 1.807) is 11.3 Å². The first-order valence-electron chi connectivity index (χ1n) is 9.08. The molecule has 0 aliphatic heterocycles. The van der Waals surface area contributed by atoms with Gasteiger partial charge >= 0.3 is 0 Å². The Labute approximate surface area is 141 Å². The number of nitrogens with one attached hydrogen (secondary N) is 1. The van der Waals surface area contributed by atoms with Gasteiger partial charge in [-0.15, -0.1) is 11.3 Å². The Morgan fingerprint density at radius 1 is 1.17 bits per heavy atom. The lowest BCUT2D eigenvalue weighted by Crippen LogP contribution is -2.28. The van der Waals surface area contributed by atoms with E-state index in [0.29, 0.717) is 24.0 Å². The van der Waals surface area contributed by atoms with Gasteiger partial charge in [-0.05, 0) is 62.3 Å². The highest BCUT2D eigenvalue weighted by Gasteiger charge is 2.34. The zero-order chi connectivity index (χ0) is 16.0. The van der Waals surface area contributed by atoms with Gasteiger partial charge in [0.1, 0.15) is 5.78 Å². The van der Waals surface area contributed by atoms with Gasteiger partial charge in [-0.3, -0.25) is 9.59 Å². The Morgan fingerprint density at radius 2 is 1.96 bits per heavy atom. The molecule has 3 aliphatic rings. The van der Waals surface area contributed by atoms with Gasteiger partial charge in [0.25, 0.3) is 5.91 Å². The van der Waals surface area contributed by atoms with Crippen molar-refractivity contribution in [2.45, 2.75) is 64.2 Å². The number of thiophene rings is 1. The molecule has 4 heteroatoms. The van der Waals surface area contributed by atoms with Crippen LogP contribution in [0.2, 0.25) is 0 Å². The SMILES string of the molecule is CC1CCCc2sc(CC(=O)C3CC3)c(C(=O)NCC3CC3)c21. The number of hydrogen-bond donors (Lipinski definition) is 1. The van der Waals surface area contributed by atoms with Crippen LogP contribution in [0.15, 0.2) is 0 Å². The molecule has 0 aromatic carbocycles. The standard InChI is InChI=1S/C19H25NO2S/c1-11-3-2-4-15-17(11)18(19(22)20-10-12-5-6-12)16(23-15)9-14(21)13-7-8-13/h11-13H,2-10H2,1H3,(H,20,22). The summed E-state index contributed by atoms with van der Waals surface area (Å²) in [6.45, 7) is 3.03. The lowest BCUT2D eigenvalue weighted by atomic mass is 9.85. The Bertz CT molecular complexity index is 640. The molecule has 4 rings (SSSR count). The molecule has 3 aliphatic carbocycles. The number of Topliss-reactive ketones (excluding diaryl/α,β-unsaturated/α-hetero) is 1. The van der Waals surface area contributed by atoms with Crippen molar-refractivity contribution in [2.75, 3.05) is 6.54 Å². The highest BCUT2D eigenvalue weighted by atomic mass is 32.1. The second-order valence-corrected chi connectivity index (χ2v) is 8.79. The van der Waals surface area contributed by atoms with Gasteiger partial charge in [-0.1, -0.05) is 6.92 Å². The van der Waals surface area contributed by atoms with Crippen LogP contribution in [0.25, 0.3) is 0 Å². The Morgan fingerprint density at radius 3 is 2.65 bits per heavy atom. The van der Waals surface area contributed by atoms with E-state index >= 15 is 0 Å². The van der Waals surface area contributed by atoms with Crippen molar-refractivity contribution in [1.29, 1.82) is 0 Å². The summed E-state index contributed by atoms with van der Waals surface area (Å²) >= 11 is 1.74. The average molecular weight is 331 g/mol. The number of rotatable bonds is 6. The molecule has 0 spiro atoms. The third kappa shape index (κ3) is 3.23. The summed E-state index contributed by atoms with van der Waals surface area (Å²) in [5.41, 5.74) is 2.12. The first-order valence-corrected chi connectivity index (χ1v) is 9.90. The molecule has 0 saturated heterocycles. The van der Waals surface area contributed by atoms with Crippen LogP contribution in [0, 0.1) is 11.8 Å². The fourth-order valence-corrected chi connectivity index (χ4v) is 5.17. The van der Waals surface area contributed by atoms with E-state index in [4.69, 9.17) is 0 Å². The van der Waals surface area contributed by atoms with Crippen LogP contribution < -0.4 is 5.32 Å². The Kier molecular flexibility index (Phi) is 4.04. The van der Waals surface area contributed by atoms with E-state index < -0.39 is 0 Å². The van der Waals surface area contributed by atoms with Crippen LogP contribution in [0.3, 0.4) is 0 Å². The first-order chi connectivity index (χ1) is 11.1. The van der Waals surface area contributed by atoms with Crippen molar-refractivity contribution in [2.24, 2.45) is 11.8 Å². The highest BCUT2D eigenvalue weighted by molar-refractivity contribution is 7.12. The van der Waals surface area contributed by atoms with Crippen molar-refractivity contribution in [3.63, 3.8) is 0 Å². The van der Waals surface area contributed by atoms with E-state index in [9.17, 15) is 9.59 Å². The van der Waals surface area contributed by atoms with Crippen LogP contribution in [-0.2, 0) is 17.6 Å². The number of amides is 1. The molecular formula is C19H25NO2S. The molecule has 0 bridgehead atoms. The molecule has 1 aromatic rings. The van der Waals surface area contributed by atoms with Crippen molar-refractivity contribution in [3.05, 3.63) is 20.9 Å². The van der Waals surface area contributed by atoms with Gasteiger partial charge in [0.15, 0.2) is 0 Å². The molecule has 1 unspecified atom stereocenters. The van der Waals surface area contributed by atoms with Crippen molar-refractivity contribution < 1.29 is 9.59 Å². The lowest BCUT2D eigenvalue weighted by Gasteiger charge is -2.20. The van der Waals surface area contributed by atoms with E-state index in [0.717, 1.165) is 42.7 Å². The van der Waals surface area contributed by atoms with Gasteiger partial charge in [0.05, 0.1) is 5.56 Å². The predicted octanol–water partition coefficient (Wildman–Crippen LogP) is 3.85. The first kappa shape index (κ1) is 15.4. The molecule has 1 N–H and O–H groups in total. The molecule has 1 aromatic heterocycles. The number of aryl methyl sites for hydroxylation is 1. The Balaban J connectivity index is 1.62. The minimum atomic E-state index is 0.0711. The van der Waals surface area contributed by atoms with E-state index in [2.05, 4.69) is 12.2 Å². The van der Waals surface area contributed by atoms with Crippen LogP contribution in [0.1, 0.15) is 77.0 Å². The average Bonchev–Trinajstić information content (AvgIpc) is 3.42. The largest absolute Gasteiger partial charge is 0.352 e. The summed E-state index contributed by atoms with van der Waals surface area (Å²) < 4.78 is 0. The summed E-state index contributed by atoms with van der Waals surface area (Å²) in [5, 5.41) is 3.13. The number of fused-ring (bicyclic) bond motifs is 1. The van der Waals surface area contributed by atoms with Gasteiger partial charge < -0.3 is 5.32 Å². The normalized spacial score (nSPS) is 23.4. The van der Waals surface area contributed by atoms with Gasteiger partial charge in [0.2, 0.25) is 0 Å². The van der Waals surface area contributed by atoms with E-state index in [1.807, 2.05) is 0 Å². The number of hydrogen-bond acceptors (Lipinski definition) is 3. The van der Waals surface area contributed by atoms with Gasteiger partial charge in [0, 0.05) is 28.6 Å². The lowest BCUT2D eigenvalue weighted by molar-refractivity contribution is -0.119. The van der Waals surface area contributed by atoms with Crippen molar-refractivity contribution in [3.8, 4) is 0 Å². The third-order valence-electron chi connectivity index (χ3n) is 5.47. The van der Waals surface area contributed by atoms with Crippen molar-refractivity contribution in [1.82, 2.24) is 5.32 Å². The molecule has 3 nitrogen and oxygen atoms in total. The quantitative estimate of drug-likeness (QED) is 0.860. The number of ketones is 1. The van der Waals surface area contributed by atoms with Crippen LogP contribution in [0.4, 0.5) is 0 Å². The molecular weight excluding hydrogens is 306 g/mol. The summed E-state index contributed by atoms with van der Waals surface area (Å²) in [7, 11) is 0. The monoisotopic (exact) mass is 331 g/mol. The maximum absolute atomic E-state index is 12.8. The van der Waals surface area contributed by atoms with Crippen LogP contribution >= 0.6 is 11.3 Å². The van der Waals surface area contributed by atoms with E-state index in [1.165, 1.54) is 29.7 Å². The topological polar surface area (TPSA) is 46.2 Å². The molecule has 1 atom stereocenters. The second-order valence-electron chi connectivity index (χ2n) is 7.60. The Hall–Kier alpha value is -1.16. The molecule has 2 saturated carbocycles. The summed E-state index contributed by atoms with van der Waals surface area (Å²) in [6, 6.07) is 0. The smallest absolute Gasteiger partial charge is 0.252 e. The third-order valence-corrected chi connectivity index (χ3v) is 6.74.